The van der Waals surface area contributed by atoms with E-state index >= 15 is 0 Å². The quantitative estimate of drug-likeness (QED) is 0.598. The Bertz CT molecular complexity index is 1090. The van der Waals surface area contributed by atoms with Gasteiger partial charge in [-0.2, -0.15) is 5.10 Å². The summed E-state index contributed by atoms with van der Waals surface area (Å²) in [7, 11) is 0. The van der Waals surface area contributed by atoms with Crippen LogP contribution in [0.3, 0.4) is 0 Å². The maximum Gasteiger partial charge on any atom is 0.225 e. The lowest BCUT2D eigenvalue weighted by atomic mass is 9.94. The Labute approximate surface area is 195 Å². The lowest BCUT2D eigenvalue weighted by Crippen LogP contribution is -2.43. The minimum absolute atomic E-state index is 0.181. The zero-order chi connectivity index (χ0) is 22.8. The van der Waals surface area contributed by atoms with Crippen molar-refractivity contribution in [2.45, 2.75) is 51.6 Å². The third-order valence-electron chi connectivity index (χ3n) is 7.28. The molecule has 0 radical (unpaired) electrons. The molecule has 2 saturated heterocycles. The van der Waals surface area contributed by atoms with Crippen LogP contribution in [0, 0.1) is 5.92 Å². The molecule has 0 unspecified atom stereocenters. The molecule has 33 heavy (non-hydrogen) atoms. The van der Waals surface area contributed by atoms with Gasteiger partial charge in [0.15, 0.2) is 11.5 Å². The van der Waals surface area contributed by atoms with Gasteiger partial charge in [-0.3, -0.25) is 9.89 Å². The molecule has 2 fully saturated rings. The van der Waals surface area contributed by atoms with Crippen LogP contribution in [0.5, 0.6) is 0 Å². The number of rotatable bonds is 6. The Balaban J connectivity index is 1.20. The number of nitrogens with zero attached hydrogens (tertiary/aromatic N) is 4. The number of hydrogen-bond donors (Lipinski definition) is 2. The maximum atomic E-state index is 13.1. The molecule has 0 bridgehead atoms. The monoisotopic (exact) mass is 446 g/mol. The van der Waals surface area contributed by atoms with Crippen LogP contribution in [0.1, 0.15) is 50.3 Å². The summed E-state index contributed by atoms with van der Waals surface area (Å²) in [6.45, 7) is 8.86. The fourth-order valence-corrected chi connectivity index (χ4v) is 5.19. The van der Waals surface area contributed by atoms with Crippen molar-refractivity contribution in [1.82, 2.24) is 25.0 Å². The highest BCUT2D eigenvalue weighted by Gasteiger charge is 2.34. The largest absolute Gasteiger partial charge is 0.364 e. The molecular formula is C26H34N6O. The van der Waals surface area contributed by atoms with Gasteiger partial charge in [-0.25, -0.2) is 4.98 Å². The minimum Gasteiger partial charge on any atom is -0.364 e. The second-order valence-electron chi connectivity index (χ2n) is 9.72. The van der Waals surface area contributed by atoms with Crippen molar-refractivity contribution in [2.75, 3.05) is 31.5 Å². The normalized spacial score (nSPS) is 20.1. The van der Waals surface area contributed by atoms with E-state index in [1.54, 1.807) is 0 Å². The lowest BCUT2D eigenvalue weighted by molar-refractivity contribution is -0.136. The van der Waals surface area contributed by atoms with Crippen LogP contribution in [0.2, 0.25) is 0 Å². The fourth-order valence-electron chi connectivity index (χ4n) is 5.19. The number of piperidine rings is 1. The Morgan fingerprint density at radius 1 is 1.09 bits per heavy atom. The molecule has 3 aromatic rings. The standard InChI is InChI=1S/C26H34N6O/c1-18(2)31-13-10-20(11-14-31)26(33)32-15-12-21(17-32)23-9-8-22-24(29-30-25(22)28-23)27-16-19-6-4-3-5-7-19/h3-9,18,20-21H,10-17H2,1-2H3,(H2,27,28,29,30)/t21-/m1/s1. The Morgan fingerprint density at radius 3 is 2.64 bits per heavy atom. The van der Waals surface area contributed by atoms with Crippen molar-refractivity contribution in [2.24, 2.45) is 5.92 Å². The van der Waals surface area contributed by atoms with Gasteiger partial charge < -0.3 is 15.1 Å². The topological polar surface area (TPSA) is 77.2 Å². The average Bonchev–Trinajstić information content (AvgIpc) is 3.50. The van der Waals surface area contributed by atoms with Gasteiger partial charge in [0.05, 0.1) is 5.39 Å². The van der Waals surface area contributed by atoms with Crippen molar-refractivity contribution < 1.29 is 4.79 Å². The number of nitrogens with one attached hydrogen (secondary N) is 2. The number of aromatic amines is 1. The Morgan fingerprint density at radius 2 is 1.88 bits per heavy atom. The number of aromatic nitrogens is 3. The number of pyridine rings is 1. The number of carbonyl (C=O) groups excluding carboxylic acids is 1. The van der Waals surface area contributed by atoms with Crippen LogP contribution in [0.25, 0.3) is 11.0 Å². The van der Waals surface area contributed by atoms with E-state index in [4.69, 9.17) is 4.98 Å². The number of amides is 1. The van der Waals surface area contributed by atoms with Crippen molar-refractivity contribution in [3.05, 3.63) is 53.7 Å². The smallest absolute Gasteiger partial charge is 0.225 e. The van der Waals surface area contributed by atoms with Crippen LogP contribution in [-0.2, 0) is 11.3 Å². The average molecular weight is 447 g/mol. The van der Waals surface area contributed by atoms with Crippen molar-refractivity contribution in [3.8, 4) is 0 Å². The number of carbonyl (C=O) groups is 1. The number of likely N-dealkylation sites (tertiary alicyclic amines) is 2. The summed E-state index contributed by atoms with van der Waals surface area (Å²) in [5.74, 6) is 1.64. The first kappa shape index (κ1) is 21.9. The number of H-pyrrole nitrogens is 1. The van der Waals surface area contributed by atoms with Crippen molar-refractivity contribution in [3.63, 3.8) is 0 Å². The highest BCUT2D eigenvalue weighted by Crippen LogP contribution is 2.31. The van der Waals surface area contributed by atoms with Crippen LogP contribution in [0.4, 0.5) is 5.82 Å². The number of fused-ring (bicyclic) bond motifs is 1. The fraction of sp³-hybridized carbons (Fsp3) is 0.500. The third kappa shape index (κ3) is 4.74. The second kappa shape index (κ2) is 9.51. The van der Waals surface area contributed by atoms with Crippen LogP contribution < -0.4 is 5.32 Å². The van der Waals surface area contributed by atoms with E-state index in [2.05, 4.69) is 63.4 Å². The first-order valence-electron chi connectivity index (χ1n) is 12.2. The molecule has 0 aliphatic carbocycles. The van der Waals surface area contributed by atoms with Crippen LogP contribution in [-0.4, -0.2) is 63.1 Å². The zero-order valence-corrected chi connectivity index (χ0v) is 19.6. The molecule has 2 aliphatic heterocycles. The molecule has 0 saturated carbocycles. The molecule has 7 heteroatoms. The number of hydrogen-bond acceptors (Lipinski definition) is 5. The van der Waals surface area contributed by atoms with Gasteiger partial charge in [-0.1, -0.05) is 30.3 Å². The Hall–Kier alpha value is -2.93. The predicted molar refractivity (Wildman–Crippen MR) is 131 cm³/mol. The van der Waals surface area contributed by atoms with Gasteiger partial charge >= 0.3 is 0 Å². The zero-order valence-electron chi connectivity index (χ0n) is 19.6. The summed E-state index contributed by atoms with van der Waals surface area (Å²) in [6.07, 6.45) is 2.94. The number of benzene rings is 1. The van der Waals surface area contributed by atoms with Gasteiger partial charge in [0.1, 0.15) is 0 Å². The molecule has 174 valence electrons. The van der Waals surface area contributed by atoms with E-state index in [0.29, 0.717) is 11.9 Å². The van der Waals surface area contributed by atoms with Crippen LogP contribution >= 0.6 is 0 Å². The second-order valence-corrected chi connectivity index (χ2v) is 9.72. The van der Waals surface area contributed by atoms with Gasteiger partial charge in [0, 0.05) is 43.2 Å². The maximum absolute atomic E-state index is 13.1. The molecule has 0 spiro atoms. The molecule has 7 nitrogen and oxygen atoms in total. The summed E-state index contributed by atoms with van der Waals surface area (Å²) in [5.41, 5.74) is 3.06. The molecule has 1 aromatic carbocycles. The van der Waals surface area contributed by atoms with E-state index in [-0.39, 0.29) is 11.8 Å². The molecule has 1 atom stereocenters. The molecular weight excluding hydrogens is 412 g/mol. The summed E-state index contributed by atoms with van der Waals surface area (Å²) in [6, 6.07) is 15.1. The highest BCUT2D eigenvalue weighted by atomic mass is 16.2. The molecule has 2 N–H and O–H groups in total. The van der Waals surface area contributed by atoms with E-state index in [1.165, 1.54) is 5.56 Å². The summed E-state index contributed by atoms with van der Waals surface area (Å²) >= 11 is 0. The minimum atomic E-state index is 0.181. The van der Waals surface area contributed by atoms with Crippen LogP contribution in [0.15, 0.2) is 42.5 Å². The first-order chi connectivity index (χ1) is 16.1. The molecule has 4 heterocycles. The van der Waals surface area contributed by atoms with Gasteiger partial charge in [-0.05, 0) is 63.9 Å². The first-order valence-corrected chi connectivity index (χ1v) is 12.2. The molecule has 5 rings (SSSR count). The molecule has 2 aliphatic rings. The number of anilines is 1. The Kier molecular flexibility index (Phi) is 6.31. The predicted octanol–water partition coefficient (Wildman–Crippen LogP) is 4.01. The summed E-state index contributed by atoms with van der Waals surface area (Å²) < 4.78 is 0. The van der Waals surface area contributed by atoms with E-state index < -0.39 is 0 Å². The van der Waals surface area contributed by atoms with Gasteiger partial charge in [0.2, 0.25) is 5.91 Å². The third-order valence-corrected chi connectivity index (χ3v) is 7.28. The van der Waals surface area contributed by atoms with Crippen molar-refractivity contribution >= 4 is 22.8 Å². The van der Waals surface area contributed by atoms with Gasteiger partial charge in [-0.15, -0.1) is 0 Å². The lowest BCUT2D eigenvalue weighted by Gasteiger charge is -2.35. The molecule has 1 amide bonds. The highest BCUT2D eigenvalue weighted by molar-refractivity contribution is 5.87. The van der Waals surface area contributed by atoms with E-state index in [0.717, 1.165) is 74.5 Å². The summed E-state index contributed by atoms with van der Waals surface area (Å²) in [4.78, 5) is 22.5. The molecule has 2 aromatic heterocycles. The van der Waals surface area contributed by atoms with Gasteiger partial charge in [0.25, 0.3) is 0 Å². The van der Waals surface area contributed by atoms with E-state index in [9.17, 15) is 4.79 Å². The SMILES string of the molecule is CC(C)N1CCC(C(=O)N2CC[C@@H](c3ccc4c(NCc5ccccc5)n[nH]c4n3)C2)CC1. The van der Waals surface area contributed by atoms with E-state index in [1.807, 2.05) is 18.2 Å². The summed E-state index contributed by atoms with van der Waals surface area (Å²) in [5, 5.41) is 11.9. The van der Waals surface area contributed by atoms with Crippen molar-refractivity contribution in [1.29, 1.82) is 0 Å².